The minimum atomic E-state index is -0.863. The van der Waals surface area contributed by atoms with Gasteiger partial charge in [0.1, 0.15) is 17.6 Å². The second-order valence-electron chi connectivity index (χ2n) is 6.19. The maximum absolute atomic E-state index is 13.5. The van der Waals surface area contributed by atoms with Crippen molar-refractivity contribution in [3.05, 3.63) is 59.3 Å². The molecule has 0 radical (unpaired) electrons. The van der Waals surface area contributed by atoms with Crippen LogP contribution in [0.25, 0.3) is 0 Å². The molecule has 1 aromatic carbocycles. The van der Waals surface area contributed by atoms with Gasteiger partial charge < -0.3 is 10.8 Å². The highest BCUT2D eigenvalue weighted by atomic mass is 19.1. The number of hydrogen-bond donors (Lipinski definition) is 2. The number of aliphatic hydroxyl groups excluding tert-OH is 1. The molecule has 1 aromatic heterocycles. The van der Waals surface area contributed by atoms with E-state index in [1.165, 1.54) is 24.4 Å². The van der Waals surface area contributed by atoms with Gasteiger partial charge in [0.05, 0.1) is 17.5 Å². The van der Waals surface area contributed by atoms with E-state index in [-0.39, 0.29) is 6.04 Å². The van der Waals surface area contributed by atoms with E-state index in [0.717, 1.165) is 0 Å². The van der Waals surface area contributed by atoms with E-state index < -0.39 is 11.9 Å². The predicted molar refractivity (Wildman–Crippen MR) is 98.5 cm³/mol. The van der Waals surface area contributed by atoms with E-state index in [1.807, 2.05) is 13.8 Å². The van der Waals surface area contributed by atoms with Gasteiger partial charge in [0.2, 0.25) is 0 Å². The van der Waals surface area contributed by atoms with Crippen molar-refractivity contribution < 1.29 is 9.50 Å². The molecule has 2 aromatic rings. The number of allylic oxidation sites excluding steroid dienone is 1. The van der Waals surface area contributed by atoms with Crippen LogP contribution >= 0.6 is 0 Å². The lowest BCUT2D eigenvalue weighted by Gasteiger charge is -2.10. The highest BCUT2D eigenvalue weighted by Crippen LogP contribution is 2.27. The average molecular weight is 355 g/mol. The smallest absolute Gasteiger partial charge is 0.139 e. The molecule has 1 atom stereocenters. The summed E-state index contributed by atoms with van der Waals surface area (Å²) < 4.78 is 15.1. The van der Waals surface area contributed by atoms with Crippen molar-refractivity contribution in [1.29, 1.82) is 5.26 Å². The van der Waals surface area contributed by atoms with Crippen molar-refractivity contribution in [2.75, 3.05) is 0 Å². The van der Waals surface area contributed by atoms with Crippen molar-refractivity contribution in [2.24, 2.45) is 10.7 Å². The lowest BCUT2D eigenvalue weighted by Crippen LogP contribution is -2.07. The molecule has 136 valence electrons. The van der Waals surface area contributed by atoms with Gasteiger partial charge in [0, 0.05) is 23.7 Å². The Hall–Kier alpha value is -2.98. The van der Waals surface area contributed by atoms with E-state index in [4.69, 9.17) is 5.73 Å². The normalized spacial score (nSPS) is 13.3. The number of benzene rings is 1. The van der Waals surface area contributed by atoms with Gasteiger partial charge in [-0.15, -0.1) is 0 Å². The van der Waals surface area contributed by atoms with Crippen LogP contribution in [0, 0.1) is 17.1 Å². The average Bonchev–Trinajstić information content (AvgIpc) is 2.99. The molecule has 0 aliphatic heterocycles. The Labute approximate surface area is 152 Å². The molecule has 2 rings (SSSR count). The maximum Gasteiger partial charge on any atom is 0.139 e. The fraction of sp³-hybridized carbons (Fsp3) is 0.316. The third-order valence-electron chi connectivity index (χ3n) is 3.74. The van der Waals surface area contributed by atoms with Gasteiger partial charge in [-0.2, -0.15) is 10.4 Å². The minimum absolute atomic E-state index is 0.0581. The molecule has 0 spiro atoms. The van der Waals surface area contributed by atoms with Crippen LogP contribution in [0.3, 0.4) is 0 Å². The first-order valence-corrected chi connectivity index (χ1v) is 8.27. The molecule has 0 amide bonds. The second kappa shape index (κ2) is 8.41. The predicted octanol–water partition coefficient (Wildman–Crippen LogP) is 3.32. The Balaban J connectivity index is 2.42. The largest absolute Gasteiger partial charge is 0.405 e. The number of nitriles is 1. The molecular formula is C19H22FN5O. The molecule has 7 heteroatoms. The highest BCUT2D eigenvalue weighted by Gasteiger charge is 2.13. The SMILES string of the molecule is CC(C)n1nc(CC(C=CN)=Nc2ccc(F)cc2[C@@H](C)O)cc1C#N. The number of nitrogens with zero attached hydrogens (tertiary/aromatic N) is 4. The number of aliphatic imine (C=N–C) groups is 1. The summed E-state index contributed by atoms with van der Waals surface area (Å²) in [5.41, 5.74) is 8.09. The van der Waals surface area contributed by atoms with Gasteiger partial charge in [-0.1, -0.05) is 0 Å². The Morgan fingerprint density at radius 3 is 2.69 bits per heavy atom. The summed E-state index contributed by atoms with van der Waals surface area (Å²) >= 11 is 0. The summed E-state index contributed by atoms with van der Waals surface area (Å²) in [5, 5.41) is 23.5. The van der Waals surface area contributed by atoms with Crippen LogP contribution in [-0.4, -0.2) is 20.6 Å². The molecule has 0 fully saturated rings. The number of aliphatic hydroxyl groups is 1. The summed E-state index contributed by atoms with van der Waals surface area (Å²) in [6.07, 6.45) is 2.46. The van der Waals surface area contributed by atoms with Crippen LogP contribution in [0.15, 0.2) is 41.5 Å². The Morgan fingerprint density at radius 1 is 1.42 bits per heavy atom. The highest BCUT2D eigenvalue weighted by molar-refractivity contribution is 5.98. The number of nitrogens with two attached hydrogens (primary N) is 1. The van der Waals surface area contributed by atoms with Crippen LogP contribution in [-0.2, 0) is 6.42 Å². The fourth-order valence-corrected chi connectivity index (χ4v) is 2.56. The molecule has 0 bridgehead atoms. The molecule has 0 saturated carbocycles. The summed E-state index contributed by atoms with van der Waals surface area (Å²) in [6, 6.07) is 7.95. The summed E-state index contributed by atoms with van der Waals surface area (Å²) in [7, 11) is 0. The van der Waals surface area contributed by atoms with Gasteiger partial charge >= 0.3 is 0 Å². The topological polar surface area (TPSA) is 100 Å². The summed E-state index contributed by atoms with van der Waals surface area (Å²) in [5.74, 6) is -0.440. The molecule has 26 heavy (non-hydrogen) atoms. The standard InChI is InChI=1S/C19H22FN5O/c1-12(2)25-17(11-22)10-16(24-25)9-15(6-7-21)23-19-5-4-14(20)8-18(19)13(3)26/h4-8,10,12-13,26H,9,21H2,1-3H3/t13-/m1/s1. The Morgan fingerprint density at radius 2 is 2.15 bits per heavy atom. The van der Waals surface area contributed by atoms with E-state index in [9.17, 15) is 14.8 Å². The third kappa shape index (κ3) is 4.55. The number of aromatic nitrogens is 2. The molecule has 3 N–H and O–H groups in total. The van der Waals surface area contributed by atoms with E-state index in [0.29, 0.717) is 34.8 Å². The zero-order chi connectivity index (χ0) is 19.3. The van der Waals surface area contributed by atoms with Crippen LogP contribution in [0.4, 0.5) is 10.1 Å². The molecule has 0 saturated heterocycles. The van der Waals surface area contributed by atoms with E-state index in [2.05, 4.69) is 16.2 Å². The maximum atomic E-state index is 13.5. The zero-order valence-corrected chi connectivity index (χ0v) is 15.0. The molecule has 0 aliphatic rings. The molecule has 6 nitrogen and oxygen atoms in total. The fourth-order valence-electron chi connectivity index (χ4n) is 2.56. The van der Waals surface area contributed by atoms with Gasteiger partial charge in [0.15, 0.2) is 0 Å². The Kier molecular flexibility index (Phi) is 6.26. The van der Waals surface area contributed by atoms with Gasteiger partial charge in [-0.25, -0.2) is 4.39 Å². The van der Waals surface area contributed by atoms with Gasteiger partial charge in [-0.3, -0.25) is 9.67 Å². The lowest BCUT2D eigenvalue weighted by molar-refractivity contribution is 0.199. The van der Waals surface area contributed by atoms with Crippen molar-refractivity contribution in [1.82, 2.24) is 9.78 Å². The first-order valence-electron chi connectivity index (χ1n) is 8.27. The summed E-state index contributed by atoms with van der Waals surface area (Å²) in [6.45, 7) is 5.44. The molecular weight excluding hydrogens is 333 g/mol. The van der Waals surface area contributed by atoms with E-state index in [1.54, 1.807) is 23.7 Å². The Bertz CT molecular complexity index is 875. The van der Waals surface area contributed by atoms with Crippen molar-refractivity contribution >= 4 is 11.4 Å². The number of rotatable bonds is 6. The minimum Gasteiger partial charge on any atom is -0.405 e. The number of hydrogen-bond acceptors (Lipinski definition) is 5. The monoisotopic (exact) mass is 355 g/mol. The van der Waals surface area contributed by atoms with Crippen molar-refractivity contribution in [2.45, 2.75) is 39.3 Å². The lowest BCUT2D eigenvalue weighted by atomic mass is 10.1. The summed E-state index contributed by atoms with van der Waals surface area (Å²) in [4.78, 5) is 4.51. The quantitative estimate of drug-likeness (QED) is 0.776. The van der Waals surface area contributed by atoms with Crippen molar-refractivity contribution in [3.8, 4) is 6.07 Å². The first kappa shape index (κ1) is 19.3. The van der Waals surface area contributed by atoms with Crippen molar-refractivity contribution in [3.63, 3.8) is 0 Å². The van der Waals surface area contributed by atoms with Crippen LogP contribution < -0.4 is 5.73 Å². The van der Waals surface area contributed by atoms with Crippen LogP contribution in [0.1, 0.15) is 49.9 Å². The molecule has 1 heterocycles. The second-order valence-corrected chi connectivity index (χ2v) is 6.19. The van der Waals surface area contributed by atoms with Crippen LogP contribution in [0.2, 0.25) is 0 Å². The molecule has 0 aliphatic carbocycles. The molecule has 0 unspecified atom stereocenters. The number of halogens is 1. The van der Waals surface area contributed by atoms with E-state index >= 15 is 0 Å². The van der Waals surface area contributed by atoms with Gasteiger partial charge in [0.25, 0.3) is 0 Å². The first-order chi connectivity index (χ1) is 12.3. The third-order valence-corrected chi connectivity index (χ3v) is 3.74. The zero-order valence-electron chi connectivity index (χ0n) is 15.0. The van der Waals surface area contributed by atoms with Gasteiger partial charge in [-0.05, 0) is 57.3 Å². The van der Waals surface area contributed by atoms with Crippen LogP contribution in [0.5, 0.6) is 0 Å².